The summed E-state index contributed by atoms with van der Waals surface area (Å²) in [5.41, 5.74) is 12.9. The molecule has 5 heterocycles. The van der Waals surface area contributed by atoms with Gasteiger partial charge < -0.3 is 8.97 Å². The average Bonchev–Trinajstić information content (AvgIpc) is 4.02. The Kier molecular flexibility index (Phi) is 5.96. The van der Waals surface area contributed by atoms with E-state index in [-0.39, 0.29) is 0 Å². The monoisotopic (exact) mass is 749 g/mol. The number of nitrogens with zero attached hydrogens (tertiary/aromatic N) is 5. The zero-order chi connectivity index (χ0) is 38.3. The van der Waals surface area contributed by atoms with E-state index in [4.69, 9.17) is 9.97 Å². The second-order valence-electron chi connectivity index (χ2n) is 15.7. The lowest BCUT2D eigenvalue weighted by atomic mass is 9.99. The molecule has 5 aromatic heterocycles. The third kappa shape index (κ3) is 4.03. The molecule has 5 nitrogen and oxygen atoms in total. The van der Waals surface area contributed by atoms with Crippen molar-refractivity contribution in [2.45, 2.75) is 0 Å². The van der Waals surface area contributed by atoms with Gasteiger partial charge in [-0.15, -0.1) is 0 Å². The maximum Gasteiger partial charge on any atom is 0.165 e. The van der Waals surface area contributed by atoms with Gasteiger partial charge in [-0.25, -0.2) is 9.97 Å². The Hall–Kier alpha value is -8.02. The highest BCUT2D eigenvalue weighted by molar-refractivity contribution is 6.38. The second kappa shape index (κ2) is 11.3. The number of benzene rings is 9. The van der Waals surface area contributed by atoms with Gasteiger partial charge in [0.05, 0.1) is 49.7 Å². The normalized spacial score (nSPS) is 12.4. The number of aromatic nitrogens is 5. The molecule has 0 atom stereocenters. The lowest BCUT2D eigenvalue weighted by molar-refractivity contribution is 1.08. The molecule has 0 unspecified atom stereocenters. The van der Waals surface area contributed by atoms with Crippen LogP contribution in [0.1, 0.15) is 0 Å². The van der Waals surface area contributed by atoms with Crippen molar-refractivity contribution in [1.82, 2.24) is 23.5 Å². The third-order valence-corrected chi connectivity index (χ3v) is 12.7. The summed E-state index contributed by atoms with van der Waals surface area (Å²) in [6.07, 6.45) is 0. The molecule has 0 N–H and O–H groups in total. The van der Waals surface area contributed by atoms with Gasteiger partial charge in [0.15, 0.2) is 5.82 Å². The maximum atomic E-state index is 5.61. The van der Waals surface area contributed by atoms with Gasteiger partial charge >= 0.3 is 0 Å². The molecule has 0 saturated carbocycles. The van der Waals surface area contributed by atoms with Crippen LogP contribution >= 0.6 is 0 Å². The fourth-order valence-corrected chi connectivity index (χ4v) is 10.3. The molecule has 0 aliphatic rings. The van der Waals surface area contributed by atoms with E-state index in [2.05, 4.69) is 202 Å². The van der Waals surface area contributed by atoms with Crippen molar-refractivity contribution in [1.29, 1.82) is 0 Å². The lowest BCUT2D eigenvalue weighted by Gasteiger charge is -2.15. The van der Waals surface area contributed by atoms with Gasteiger partial charge in [-0.2, -0.15) is 0 Å². The topological polar surface area (TPSA) is 40.0 Å². The van der Waals surface area contributed by atoms with E-state index in [0.717, 1.165) is 50.3 Å². The first-order valence-electron chi connectivity index (χ1n) is 20.2. The van der Waals surface area contributed by atoms with Crippen LogP contribution in [0.3, 0.4) is 0 Å². The SMILES string of the molecule is c1ccc(-n2c3ccccc3c3ccc(-c4nc5ccccc5nc4-n4c5ccc6ccccc6c5c5c6c7ccccc7n7c8ccccc8c(cc54)c67)cc32)cc1. The first-order chi connectivity index (χ1) is 29.3. The van der Waals surface area contributed by atoms with E-state index in [1.165, 1.54) is 75.9 Å². The zero-order valence-electron chi connectivity index (χ0n) is 31.6. The van der Waals surface area contributed by atoms with E-state index in [0.29, 0.717) is 0 Å². The van der Waals surface area contributed by atoms with Crippen LogP contribution in [0.15, 0.2) is 188 Å². The first-order valence-corrected chi connectivity index (χ1v) is 20.2. The van der Waals surface area contributed by atoms with Gasteiger partial charge in [0, 0.05) is 54.3 Å². The molecule has 5 heteroatoms. The second-order valence-corrected chi connectivity index (χ2v) is 15.7. The Labute approximate surface area is 336 Å². The van der Waals surface area contributed by atoms with Gasteiger partial charge in [-0.3, -0.25) is 4.57 Å². The molecule has 272 valence electrons. The Morgan fingerprint density at radius 1 is 0.339 bits per heavy atom. The van der Waals surface area contributed by atoms with Crippen LogP contribution in [0, 0.1) is 0 Å². The summed E-state index contributed by atoms with van der Waals surface area (Å²) < 4.78 is 7.26. The molecule has 14 rings (SSSR count). The highest BCUT2D eigenvalue weighted by Crippen LogP contribution is 2.48. The summed E-state index contributed by atoms with van der Waals surface area (Å²) in [5.74, 6) is 0.808. The van der Waals surface area contributed by atoms with Gasteiger partial charge in [0.2, 0.25) is 0 Å². The fourth-order valence-electron chi connectivity index (χ4n) is 10.3. The summed E-state index contributed by atoms with van der Waals surface area (Å²) in [6.45, 7) is 0. The van der Waals surface area contributed by atoms with E-state index in [9.17, 15) is 0 Å². The molecule has 0 aliphatic carbocycles. The van der Waals surface area contributed by atoms with Gasteiger partial charge in [-0.1, -0.05) is 127 Å². The number of hydrogen-bond donors (Lipinski definition) is 0. The Balaban J connectivity index is 1.18. The van der Waals surface area contributed by atoms with Gasteiger partial charge in [-0.05, 0) is 71.4 Å². The average molecular weight is 750 g/mol. The quantitative estimate of drug-likeness (QED) is 0.180. The largest absolute Gasteiger partial charge is 0.309 e. The van der Waals surface area contributed by atoms with Gasteiger partial charge in [0.1, 0.15) is 5.69 Å². The Morgan fingerprint density at radius 2 is 0.966 bits per heavy atom. The van der Waals surface area contributed by atoms with Crippen LogP contribution in [0.2, 0.25) is 0 Å². The van der Waals surface area contributed by atoms with Crippen LogP contribution in [0.25, 0.3) is 126 Å². The van der Waals surface area contributed by atoms with Crippen molar-refractivity contribution in [3.8, 4) is 22.8 Å². The molecule has 0 amide bonds. The van der Waals surface area contributed by atoms with Crippen molar-refractivity contribution in [3.05, 3.63) is 188 Å². The van der Waals surface area contributed by atoms with Crippen LogP contribution in [0.5, 0.6) is 0 Å². The van der Waals surface area contributed by atoms with Crippen molar-refractivity contribution in [2.24, 2.45) is 0 Å². The van der Waals surface area contributed by atoms with Crippen LogP contribution in [-0.2, 0) is 0 Å². The molecular weight excluding hydrogens is 719 g/mol. The predicted molar refractivity (Wildman–Crippen MR) is 246 cm³/mol. The molecular formula is C54H31N5. The molecule has 59 heavy (non-hydrogen) atoms. The minimum atomic E-state index is 0.808. The number of rotatable bonds is 3. The van der Waals surface area contributed by atoms with Crippen LogP contribution in [-0.4, -0.2) is 23.5 Å². The molecule has 9 aromatic carbocycles. The molecule has 0 bridgehead atoms. The molecule has 0 spiro atoms. The van der Waals surface area contributed by atoms with Crippen molar-refractivity contribution >= 4 is 104 Å². The molecule has 0 fully saturated rings. The zero-order valence-corrected chi connectivity index (χ0v) is 31.6. The minimum Gasteiger partial charge on any atom is -0.309 e. The summed E-state index contributed by atoms with van der Waals surface area (Å²) in [4.78, 5) is 11.1. The fraction of sp³-hybridized carbons (Fsp3) is 0. The molecule has 0 radical (unpaired) electrons. The highest BCUT2D eigenvalue weighted by atomic mass is 15.1. The van der Waals surface area contributed by atoms with Crippen molar-refractivity contribution < 1.29 is 0 Å². The Morgan fingerprint density at radius 3 is 1.78 bits per heavy atom. The summed E-state index contributed by atoms with van der Waals surface area (Å²) in [6, 6.07) is 67.9. The standard InChI is InChI=1S/C54H31N5/c1-2-15-34(16-3-1)57-43-23-11-6-18-36(43)38-28-26-33(30-47(38)57)52-54(56-42-22-10-9-21-41(42)55-52)59-46-29-27-32-14-4-5-17-35(32)49(46)51-48(59)31-40-37-19-7-12-24-44(37)58-45-25-13-8-20-39(45)50(51)53(40)58/h1-31H. The number of fused-ring (bicyclic) bond motifs is 16. The Bertz CT molecular complexity index is 4070. The first kappa shape index (κ1) is 31.1. The van der Waals surface area contributed by atoms with Crippen LogP contribution in [0.4, 0.5) is 0 Å². The van der Waals surface area contributed by atoms with Crippen LogP contribution < -0.4 is 0 Å². The number of para-hydroxylation sites is 6. The minimum absolute atomic E-state index is 0.808. The van der Waals surface area contributed by atoms with E-state index in [1.54, 1.807) is 0 Å². The van der Waals surface area contributed by atoms with Gasteiger partial charge in [0.25, 0.3) is 0 Å². The predicted octanol–water partition coefficient (Wildman–Crippen LogP) is 13.8. The van der Waals surface area contributed by atoms with E-state index >= 15 is 0 Å². The third-order valence-electron chi connectivity index (χ3n) is 12.7. The summed E-state index contributed by atoms with van der Waals surface area (Å²) >= 11 is 0. The maximum absolute atomic E-state index is 5.61. The molecule has 0 aliphatic heterocycles. The summed E-state index contributed by atoms with van der Waals surface area (Å²) in [5, 5.41) is 12.3. The van der Waals surface area contributed by atoms with Crippen molar-refractivity contribution in [3.63, 3.8) is 0 Å². The van der Waals surface area contributed by atoms with Crippen molar-refractivity contribution in [2.75, 3.05) is 0 Å². The molecule has 14 aromatic rings. The lowest BCUT2D eigenvalue weighted by Crippen LogP contribution is -2.04. The van der Waals surface area contributed by atoms with E-state index in [1.807, 2.05) is 0 Å². The molecule has 0 saturated heterocycles. The van der Waals surface area contributed by atoms with E-state index < -0.39 is 0 Å². The smallest absolute Gasteiger partial charge is 0.165 e. The highest BCUT2D eigenvalue weighted by Gasteiger charge is 2.27. The number of hydrogen-bond acceptors (Lipinski definition) is 2. The summed E-state index contributed by atoms with van der Waals surface area (Å²) in [7, 11) is 0.